The second-order valence-corrected chi connectivity index (χ2v) is 5.43. The van der Waals surface area contributed by atoms with Crippen LogP contribution in [0.2, 0.25) is 0 Å². The molecule has 0 amide bonds. The number of ether oxygens (including phenoxy) is 1. The number of rotatable bonds is 7. The lowest BCUT2D eigenvalue weighted by Crippen LogP contribution is -2.15. The Kier molecular flexibility index (Phi) is 6.49. The van der Waals surface area contributed by atoms with Crippen molar-refractivity contribution < 1.29 is 13.9 Å². The summed E-state index contributed by atoms with van der Waals surface area (Å²) >= 11 is 3.12. The third-order valence-electron chi connectivity index (χ3n) is 3.28. The molecule has 0 aliphatic rings. The van der Waals surface area contributed by atoms with Crippen molar-refractivity contribution in [3.8, 4) is 5.75 Å². The normalized spacial score (nSPS) is 12.3. The zero-order chi connectivity index (χ0) is 14.4. The van der Waals surface area contributed by atoms with Gasteiger partial charge in [0.15, 0.2) is 5.78 Å². The number of benzene rings is 1. The summed E-state index contributed by atoms with van der Waals surface area (Å²) in [7, 11) is 1.45. The van der Waals surface area contributed by atoms with Gasteiger partial charge in [-0.1, -0.05) is 26.7 Å². The molecule has 1 rings (SSSR count). The Morgan fingerprint density at radius 2 is 2.11 bits per heavy atom. The lowest BCUT2D eigenvalue weighted by atomic mass is 9.90. The van der Waals surface area contributed by atoms with Crippen LogP contribution in [0.4, 0.5) is 4.39 Å². The number of ketones is 1. The van der Waals surface area contributed by atoms with Gasteiger partial charge >= 0.3 is 0 Å². The van der Waals surface area contributed by atoms with Gasteiger partial charge in [0.05, 0.1) is 17.1 Å². The molecule has 0 aromatic heterocycles. The average molecular weight is 331 g/mol. The maximum Gasteiger partial charge on any atom is 0.169 e. The van der Waals surface area contributed by atoms with Gasteiger partial charge in [0.25, 0.3) is 0 Å². The van der Waals surface area contributed by atoms with E-state index in [1.54, 1.807) is 0 Å². The molecule has 0 aliphatic carbocycles. The summed E-state index contributed by atoms with van der Waals surface area (Å²) in [6.45, 7) is 4.11. The van der Waals surface area contributed by atoms with Crippen LogP contribution in [0.5, 0.6) is 5.75 Å². The van der Waals surface area contributed by atoms with Gasteiger partial charge in [0.1, 0.15) is 11.6 Å². The van der Waals surface area contributed by atoms with Crippen LogP contribution in [-0.4, -0.2) is 12.9 Å². The maximum atomic E-state index is 13.5. The van der Waals surface area contributed by atoms with Crippen LogP contribution < -0.4 is 4.74 Å². The standard InChI is InChI=1S/C15H20BrFO2/c1-4-6-7-10(5-2)15(18)11-8-12(16)13(17)9-14(11)19-3/h8-10H,4-7H2,1-3H3. The maximum absolute atomic E-state index is 13.5. The third-order valence-corrected chi connectivity index (χ3v) is 3.89. The fraction of sp³-hybridized carbons (Fsp3) is 0.533. The van der Waals surface area contributed by atoms with Crippen molar-refractivity contribution in [3.05, 3.63) is 28.0 Å². The van der Waals surface area contributed by atoms with Gasteiger partial charge < -0.3 is 4.74 Å². The SMILES string of the molecule is CCCCC(CC)C(=O)c1cc(Br)c(F)cc1OC. The summed E-state index contributed by atoms with van der Waals surface area (Å²) in [6, 6.07) is 2.77. The zero-order valence-electron chi connectivity index (χ0n) is 11.6. The van der Waals surface area contributed by atoms with Crippen LogP contribution in [0.25, 0.3) is 0 Å². The molecule has 1 aromatic rings. The number of hydrogen-bond donors (Lipinski definition) is 0. The van der Waals surface area contributed by atoms with Crippen LogP contribution in [0.15, 0.2) is 16.6 Å². The Bertz CT molecular complexity index is 446. The van der Waals surface area contributed by atoms with E-state index in [-0.39, 0.29) is 11.7 Å². The van der Waals surface area contributed by atoms with Crippen molar-refractivity contribution in [2.45, 2.75) is 39.5 Å². The number of carbonyl (C=O) groups excluding carboxylic acids is 1. The van der Waals surface area contributed by atoms with Crippen LogP contribution in [-0.2, 0) is 0 Å². The van der Waals surface area contributed by atoms with Gasteiger partial charge in [0.2, 0.25) is 0 Å². The second kappa shape index (κ2) is 7.63. The molecule has 0 heterocycles. The molecule has 1 unspecified atom stereocenters. The molecule has 0 N–H and O–H groups in total. The number of hydrogen-bond acceptors (Lipinski definition) is 2. The topological polar surface area (TPSA) is 26.3 Å². The largest absolute Gasteiger partial charge is 0.496 e. The van der Waals surface area contributed by atoms with Gasteiger partial charge in [-0.05, 0) is 34.8 Å². The molecule has 0 radical (unpaired) electrons. The first-order valence-electron chi connectivity index (χ1n) is 6.62. The molecule has 0 bridgehead atoms. The predicted octanol–water partition coefficient (Wildman–Crippen LogP) is 5.00. The molecule has 19 heavy (non-hydrogen) atoms. The molecule has 0 aliphatic heterocycles. The first-order valence-corrected chi connectivity index (χ1v) is 7.41. The van der Waals surface area contributed by atoms with E-state index in [0.717, 1.165) is 25.7 Å². The highest BCUT2D eigenvalue weighted by Crippen LogP contribution is 2.30. The van der Waals surface area contributed by atoms with E-state index in [0.29, 0.717) is 15.8 Å². The molecule has 1 aromatic carbocycles. The van der Waals surface area contributed by atoms with Crippen LogP contribution in [0.1, 0.15) is 49.9 Å². The lowest BCUT2D eigenvalue weighted by Gasteiger charge is -2.16. The predicted molar refractivity (Wildman–Crippen MR) is 78.3 cm³/mol. The first kappa shape index (κ1) is 16.2. The molecule has 106 valence electrons. The van der Waals surface area contributed by atoms with Crippen molar-refractivity contribution >= 4 is 21.7 Å². The van der Waals surface area contributed by atoms with Crippen molar-refractivity contribution in [3.63, 3.8) is 0 Å². The average Bonchev–Trinajstić information content (AvgIpc) is 2.41. The Labute approximate surface area is 122 Å². The zero-order valence-corrected chi connectivity index (χ0v) is 13.2. The van der Waals surface area contributed by atoms with E-state index in [1.807, 2.05) is 6.92 Å². The summed E-state index contributed by atoms with van der Waals surface area (Å²) in [6.07, 6.45) is 3.74. The quantitative estimate of drug-likeness (QED) is 0.658. The minimum absolute atomic E-state index is 0.0220. The second-order valence-electron chi connectivity index (χ2n) is 4.58. The lowest BCUT2D eigenvalue weighted by molar-refractivity contribution is 0.0905. The fourth-order valence-corrected chi connectivity index (χ4v) is 2.42. The number of carbonyl (C=O) groups is 1. The van der Waals surface area contributed by atoms with E-state index < -0.39 is 5.82 Å². The molecule has 1 atom stereocenters. The third kappa shape index (κ3) is 4.03. The molecular weight excluding hydrogens is 311 g/mol. The summed E-state index contributed by atoms with van der Waals surface area (Å²) in [5.41, 5.74) is 0.457. The summed E-state index contributed by atoms with van der Waals surface area (Å²) in [4.78, 5) is 12.5. The number of halogens is 2. The molecular formula is C15H20BrFO2. The Morgan fingerprint density at radius 1 is 1.42 bits per heavy atom. The van der Waals surface area contributed by atoms with Gasteiger partial charge in [-0.3, -0.25) is 4.79 Å². The van der Waals surface area contributed by atoms with E-state index in [9.17, 15) is 9.18 Å². The number of unbranched alkanes of at least 4 members (excludes halogenated alkanes) is 1. The molecule has 0 spiro atoms. The molecule has 0 saturated heterocycles. The fourth-order valence-electron chi connectivity index (χ4n) is 2.08. The van der Waals surface area contributed by atoms with E-state index in [2.05, 4.69) is 22.9 Å². The van der Waals surface area contributed by atoms with Gasteiger partial charge in [-0.2, -0.15) is 0 Å². The van der Waals surface area contributed by atoms with E-state index in [4.69, 9.17) is 4.74 Å². The van der Waals surface area contributed by atoms with Gasteiger partial charge in [0, 0.05) is 12.0 Å². The number of methoxy groups -OCH3 is 1. The Hall–Kier alpha value is -0.900. The Balaban J connectivity index is 3.06. The van der Waals surface area contributed by atoms with E-state index >= 15 is 0 Å². The van der Waals surface area contributed by atoms with Crippen molar-refractivity contribution in [2.24, 2.45) is 5.92 Å². The van der Waals surface area contributed by atoms with Crippen molar-refractivity contribution in [1.82, 2.24) is 0 Å². The number of Topliss-reactive ketones (excluding diaryl/α,β-unsaturated/α-hetero) is 1. The van der Waals surface area contributed by atoms with Gasteiger partial charge in [-0.15, -0.1) is 0 Å². The Morgan fingerprint density at radius 3 is 2.63 bits per heavy atom. The summed E-state index contributed by atoms with van der Waals surface area (Å²) in [5.74, 6) is -0.102. The highest BCUT2D eigenvalue weighted by Gasteiger charge is 2.22. The minimum atomic E-state index is -0.421. The molecule has 4 heteroatoms. The van der Waals surface area contributed by atoms with Crippen LogP contribution in [0.3, 0.4) is 0 Å². The monoisotopic (exact) mass is 330 g/mol. The molecule has 2 nitrogen and oxygen atoms in total. The smallest absolute Gasteiger partial charge is 0.169 e. The highest BCUT2D eigenvalue weighted by atomic mass is 79.9. The summed E-state index contributed by atoms with van der Waals surface area (Å²) < 4.78 is 18.9. The molecule has 0 fully saturated rings. The molecule has 0 saturated carbocycles. The highest BCUT2D eigenvalue weighted by molar-refractivity contribution is 9.10. The van der Waals surface area contributed by atoms with Crippen LogP contribution >= 0.6 is 15.9 Å². The summed E-state index contributed by atoms with van der Waals surface area (Å²) in [5, 5.41) is 0. The van der Waals surface area contributed by atoms with Crippen LogP contribution in [0, 0.1) is 11.7 Å². The first-order chi connectivity index (χ1) is 9.04. The van der Waals surface area contributed by atoms with Crippen molar-refractivity contribution in [1.29, 1.82) is 0 Å². The van der Waals surface area contributed by atoms with Crippen molar-refractivity contribution in [2.75, 3.05) is 7.11 Å². The minimum Gasteiger partial charge on any atom is -0.496 e. The van der Waals surface area contributed by atoms with E-state index in [1.165, 1.54) is 19.2 Å². The van der Waals surface area contributed by atoms with Gasteiger partial charge in [-0.25, -0.2) is 4.39 Å².